The summed E-state index contributed by atoms with van der Waals surface area (Å²) in [6, 6.07) is 0. The van der Waals surface area contributed by atoms with Gasteiger partial charge in [-0.3, -0.25) is 0 Å². The van der Waals surface area contributed by atoms with Crippen LogP contribution in [0.15, 0.2) is 23.3 Å². The van der Waals surface area contributed by atoms with Crippen LogP contribution in [0.3, 0.4) is 0 Å². The van der Waals surface area contributed by atoms with E-state index >= 15 is 0 Å². The molecule has 1 nitrogen and oxygen atoms in total. The van der Waals surface area contributed by atoms with Gasteiger partial charge in [0, 0.05) is 0 Å². The highest BCUT2D eigenvalue weighted by Crippen LogP contribution is 2.15. The molecule has 2 N–H and O–H groups in total. The highest BCUT2D eigenvalue weighted by atomic mass is 14.4. The van der Waals surface area contributed by atoms with Crippen LogP contribution in [0.25, 0.3) is 0 Å². The zero-order chi connectivity index (χ0) is 7.98. The van der Waals surface area contributed by atoms with Crippen LogP contribution in [0.5, 0.6) is 0 Å². The Labute approximate surface area is 63.6 Å². The molecule has 0 aromatic heterocycles. The Kier molecular flexibility index (Phi) is 4.95. The van der Waals surface area contributed by atoms with Crippen molar-refractivity contribution in [2.45, 2.75) is 26.7 Å². The molecule has 0 spiro atoms. The molecule has 0 bridgehead atoms. The molecule has 0 radical (unpaired) electrons. The first-order valence-corrected chi connectivity index (χ1v) is 3.70. The summed E-state index contributed by atoms with van der Waals surface area (Å²) in [7, 11) is 1.50. The standard InChI is InChI=1S/C8H12.CH5N/c1-7-3-5-8(2)6-4-7;1-2/h3,5H,4,6H2,1-2H3;2H2,1H3. The molecule has 0 aliphatic heterocycles. The van der Waals surface area contributed by atoms with Gasteiger partial charge in [-0.1, -0.05) is 23.3 Å². The number of rotatable bonds is 0. The van der Waals surface area contributed by atoms with Crippen molar-refractivity contribution in [3.05, 3.63) is 23.3 Å². The third-order valence-corrected chi connectivity index (χ3v) is 1.57. The molecule has 0 saturated heterocycles. The Balaban J connectivity index is 0.000000371. The minimum Gasteiger partial charge on any atom is -0.333 e. The summed E-state index contributed by atoms with van der Waals surface area (Å²) < 4.78 is 0. The van der Waals surface area contributed by atoms with Crippen molar-refractivity contribution in [1.82, 2.24) is 0 Å². The average Bonchev–Trinajstić information content (AvgIpc) is 2.00. The second-order valence-corrected chi connectivity index (χ2v) is 2.53. The van der Waals surface area contributed by atoms with E-state index in [2.05, 4.69) is 31.7 Å². The lowest BCUT2D eigenvalue weighted by Crippen LogP contribution is -1.85. The topological polar surface area (TPSA) is 26.0 Å². The molecular weight excluding hydrogens is 122 g/mol. The predicted octanol–water partition coefficient (Wildman–Crippen LogP) is 2.25. The lowest BCUT2D eigenvalue weighted by atomic mass is 10.0. The number of hydrogen-bond donors (Lipinski definition) is 1. The maximum atomic E-state index is 4.50. The van der Waals surface area contributed by atoms with E-state index in [1.807, 2.05) is 0 Å². The van der Waals surface area contributed by atoms with Crippen molar-refractivity contribution < 1.29 is 0 Å². The Morgan fingerprint density at radius 3 is 1.50 bits per heavy atom. The molecule has 0 atom stereocenters. The van der Waals surface area contributed by atoms with Crippen molar-refractivity contribution in [2.24, 2.45) is 5.73 Å². The van der Waals surface area contributed by atoms with Crippen molar-refractivity contribution >= 4 is 0 Å². The lowest BCUT2D eigenvalue weighted by molar-refractivity contribution is 0.906. The summed E-state index contributed by atoms with van der Waals surface area (Å²) in [6.45, 7) is 4.37. The smallest absolute Gasteiger partial charge is 0.0195 e. The van der Waals surface area contributed by atoms with Crippen LogP contribution >= 0.6 is 0 Å². The van der Waals surface area contributed by atoms with Gasteiger partial charge in [0.15, 0.2) is 0 Å². The summed E-state index contributed by atoms with van der Waals surface area (Å²) in [4.78, 5) is 0. The van der Waals surface area contributed by atoms with Gasteiger partial charge >= 0.3 is 0 Å². The molecule has 0 unspecified atom stereocenters. The molecule has 1 aliphatic rings. The number of allylic oxidation sites excluding steroid dienone is 4. The Hall–Kier alpha value is -0.560. The van der Waals surface area contributed by atoms with Crippen LogP contribution in [0, 0.1) is 0 Å². The monoisotopic (exact) mass is 139 g/mol. The molecule has 0 fully saturated rings. The first kappa shape index (κ1) is 9.44. The molecule has 58 valence electrons. The first-order chi connectivity index (χ1) is 4.79. The summed E-state index contributed by atoms with van der Waals surface area (Å²) >= 11 is 0. The second kappa shape index (κ2) is 5.24. The van der Waals surface area contributed by atoms with Gasteiger partial charge in [-0.2, -0.15) is 0 Å². The minimum absolute atomic E-state index is 1.27. The molecule has 1 heteroatoms. The fourth-order valence-electron chi connectivity index (χ4n) is 0.846. The van der Waals surface area contributed by atoms with E-state index in [0.29, 0.717) is 0 Å². The van der Waals surface area contributed by atoms with Gasteiger partial charge in [-0.15, -0.1) is 0 Å². The van der Waals surface area contributed by atoms with Crippen LogP contribution in [0.1, 0.15) is 26.7 Å². The van der Waals surface area contributed by atoms with Crippen molar-refractivity contribution in [1.29, 1.82) is 0 Å². The van der Waals surface area contributed by atoms with Crippen LogP contribution in [0.4, 0.5) is 0 Å². The van der Waals surface area contributed by atoms with Crippen LogP contribution < -0.4 is 5.73 Å². The van der Waals surface area contributed by atoms with Gasteiger partial charge < -0.3 is 5.73 Å². The van der Waals surface area contributed by atoms with Gasteiger partial charge in [-0.25, -0.2) is 0 Å². The van der Waals surface area contributed by atoms with Crippen LogP contribution in [-0.2, 0) is 0 Å². The van der Waals surface area contributed by atoms with E-state index in [-0.39, 0.29) is 0 Å². The van der Waals surface area contributed by atoms with E-state index in [9.17, 15) is 0 Å². The van der Waals surface area contributed by atoms with Gasteiger partial charge in [0.1, 0.15) is 0 Å². The zero-order valence-electron chi connectivity index (χ0n) is 7.15. The van der Waals surface area contributed by atoms with E-state index in [4.69, 9.17) is 0 Å². The molecule has 0 aromatic rings. The summed E-state index contributed by atoms with van der Waals surface area (Å²) in [6.07, 6.45) is 6.95. The molecule has 10 heavy (non-hydrogen) atoms. The second-order valence-electron chi connectivity index (χ2n) is 2.53. The van der Waals surface area contributed by atoms with Gasteiger partial charge in [0.2, 0.25) is 0 Å². The van der Waals surface area contributed by atoms with Gasteiger partial charge in [-0.05, 0) is 33.7 Å². The van der Waals surface area contributed by atoms with Crippen molar-refractivity contribution in [3.63, 3.8) is 0 Å². The van der Waals surface area contributed by atoms with E-state index < -0.39 is 0 Å². The highest BCUT2D eigenvalue weighted by molar-refractivity contribution is 5.20. The molecule has 0 aromatic carbocycles. The van der Waals surface area contributed by atoms with E-state index in [1.165, 1.54) is 31.0 Å². The van der Waals surface area contributed by atoms with E-state index in [1.54, 1.807) is 0 Å². The fourth-order valence-corrected chi connectivity index (χ4v) is 0.846. The number of hydrogen-bond acceptors (Lipinski definition) is 1. The SMILES string of the molecule is CC1=CC=C(C)CC1.CN. The van der Waals surface area contributed by atoms with Crippen LogP contribution in [-0.4, -0.2) is 7.05 Å². The zero-order valence-corrected chi connectivity index (χ0v) is 7.15. The van der Waals surface area contributed by atoms with Gasteiger partial charge in [0.05, 0.1) is 0 Å². The molecule has 0 amide bonds. The Morgan fingerprint density at radius 1 is 1.00 bits per heavy atom. The Bertz CT molecular complexity index is 125. The highest BCUT2D eigenvalue weighted by Gasteiger charge is 1.95. The summed E-state index contributed by atoms with van der Waals surface area (Å²) in [5, 5.41) is 0. The third-order valence-electron chi connectivity index (χ3n) is 1.57. The lowest BCUT2D eigenvalue weighted by Gasteiger charge is -2.05. The summed E-state index contributed by atoms with van der Waals surface area (Å²) in [5.41, 5.74) is 7.52. The fraction of sp³-hybridized carbons (Fsp3) is 0.556. The molecular formula is C9H17N. The van der Waals surface area contributed by atoms with E-state index in [0.717, 1.165) is 0 Å². The third kappa shape index (κ3) is 3.46. The summed E-state index contributed by atoms with van der Waals surface area (Å²) in [5.74, 6) is 0. The quantitative estimate of drug-likeness (QED) is 0.547. The van der Waals surface area contributed by atoms with Gasteiger partial charge in [0.25, 0.3) is 0 Å². The number of nitrogens with two attached hydrogens (primary N) is 1. The maximum Gasteiger partial charge on any atom is -0.0195 e. The first-order valence-electron chi connectivity index (χ1n) is 3.70. The normalized spacial score (nSPS) is 16.4. The maximum absolute atomic E-state index is 4.50. The minimum atomic E-state index is 1.27. The Morgan fingerprint density at radius 2 is 1.30 bits per heavy atom. The average molecular weight is 139 g/mol. The molecule has 1 rings (SSSR count). The molecule has 1 aliphatic carbocycles. The molecule has 0 saturated carbocycles. The van der Waals surface area contributed by atoms with Crippen molar-refractivity contribution in [2.75, 3.05) is 7.05 Å². The van der Waals surface area contributed by atoms with Crippen LogP contribution in [0.2, 0.25) is 0 Å². The predicted molar refractivity (Wildman–Crippen MR) is 46.9 cm³/mol. The largest absolute Gasteiger partial charge is 0.333 e. The van der Waals surface area contributed by atoms with Crippen molar-refractivity contribution in [3.8, 4) is 0 Å². The molecule has 0 heterocycles.